The van der Waals surface area contributed by atoms with E-state index in [2.05, 4.69) is 37.2 Å². The number of nitrogens with zero attached hydrogens (tertiary/aromatic N) is 6. The van der Waals surface area contributed by atoms with Gasteiger partial charge in [0.15, 0.2) is 5.82 Å². The van der Waals surface area contributed by atoms with Gasteiger partial charge in [0.05, 0.1) is 17.6 Å². The summed E-state index contributed by atoms with van der Waals surface area (Å²) in [4.78, 5) is 18.6. The predicted octanol–water partition coefficient (Wildman–Crippen LogP) is 2.53. The first-order valence-corrected chi connectivity index (χ1v) is 9.70. The van der Waals surface area contributed by atoms with Crippen molar-refractivity contribution in [3.05, 3.63) is 42.6 Å². The zero-order valence-electron chi connectivity index (χ0n) is 15.7. The monoisotopic (exact) mass is 363 g/mol. The molecule has 2 aliphatic rings. The number of anilines is 3. The third-order valence-corrected chi connectivity index (χ3v) is 5.82. The van der Waals surface area contributed by atoms with Crippen LogP contribution in [0.4, 0.5) is 17.5 Å². The number of imidazole rings is 1. The van der Waals surface area contributed by atoms with Crippen molar-refractivity contribution in [1.29, 1.82) is 0 Å². The van der Waals surface area contributed by atoms with Crippen LogP contribution in [0.25, 0.3) is 5.52 Å². The van der Waals surface area contributed by atoms with Crippen LogP contribution in [0.2, 0.25) is 0 Å². The zero-order valence-corrected chi connectivity index (χ0v) is 15.7. The van der Waals surface area contributed by atoms with Crippen molar-refractivity contribution >= 4 is 23.0 Å². The van der Waals surface area contributed by atoms with Gasteiger partial charge in [-0.2, -0.15) is 0 Å². The topological polar surface area (TPSA) is 75.6 Å². The molecule has 1 saturated heterocycles. The van der Waals surface area contributed by atoms with Crippen LogP contribution in [-0.4, -0.2) is 44.5 Å². The zero-order chi connectivity index (χ0) is 18.4. The highest BCUT2D eigenvalue weighted by atomic mass is 15.3. The first kappa shape index (κ1) is 16.5. The van der Waals surface area contributed by atoms with Gasteiger partial charge in [-0.15, -0.1) is 0 Å². The number of piperidine rings is 1. The van der Waals surface area contributed by atoms with Gasteiger partial charge in [0.1, 0.15) is 5.52 Å². The average molecular weight is 363 g/mol. The molecule has 0 aliphatic carbocycles. The summed E-state index contributed by atoms with van der Waals surface area (Å²) in [6.45, 7) is 4.94. The third-order valence-electron chi connectivity index (χ3n) is 5.82. The van der Waals surface area contributed by atoms with Crippen molar-refractivity contribution in [2.75, 3.05) is 29.4 Å². The highest BCUT2D eigenvalue weighted by Gasteiger charge is 2.28. The Morgan fingerprint density at radius 2 is 1.93 bits per heavy atom. The Balaban J connectivity index is 1.54. The van der Waals surface area contributed by atoms with Gasteiger partial charge in [-0.3, -0.25) is 9.38 Å². The number of pyridine rings is 1. The summed E-state index contributed by atoms with van der Waals surface area (Å²) in [5.41, 5.74) is 9.58. The van der Waals surface area contributed by atoms with E-state index in [0.717, 1.165) is 74.0 Å². The molecular formula is C20H25N7. The summed E-state index contributed by atoms with van der Waals surface area (Å²) in [5.74, 6) is 1.93. The van der Waals surface area contributed by atoms with Gasteiger partial charge in [-0.25, -0.2) is 9.97 Å². The van der Waals surface area contributed by atoms with E-state index >= 15 is 0 Å². The molecule has 0 bridgehead atoms. The Hall–Kier alpha value is -2.67. The fourth-order valence-electron chi connectivity index (χ4n) is 4.17. The summed E-state index contributed by atoms with van der Waals surface area (Å²) in [6.07, 6.45) is 11.7. The molecule has 3 aromatic heterocycles. The fraction of sp³-hybridized carbons (Fsp3) is 0.450. The van der Waals surface area contributed by atoms with E-state index in [1.165, 1.54) is 0 Å². The molecular weight excluding hydrogens is 338 g/mol. The van der Waals surface area contributed by atoms with Crippen molar-refractivity contribution in [2.24, 2.45) is 5.73 Å². The van der Waals surface area contributed by atoms with E-state index < -0.39 is 0 Å². The van der Waals surface area contributed by atoms with Crippen LogP contribution in [0.15, 0.2) is 36.9 Å². The second-order valence-electron chi connectivity index (χ2n) is 7.93. The summed E-state index contributed by atoms with van der Waals surface area (Å²) >= 11 is 0. The van der Waals surface area contributed by atoms with Crippen LogP contribution in [0.5, 0.6) is 0 Å². The highest BCUT2D eigenvalue weighted by molar-refractivity contribution is 5.73. The van der Waals surface area contributed by atoms with Gasteiger partial charge in [0.25, 0.3) is 0 Å². The van der Waals surface area contributed by atoms with E-state index in [0.29, 0.717) is 0 Å². The van der Waals surface area contributed by atoms with E-state index in [9.17, 15) is 0 Å². The van der Waals surface area contributed by atoms with E-state index in [1.807, 2.05) is 30.9 Å². The lowest BCUT2D eigenvalue weighted by Gasteiger charge is -2.37. The van der Waals surface area contributed by atoms with Crippen molar-refractivity contribution in [3.8, 4) is 0 Å². The number of aromatic nitrogens is 4. The molecule has 0 spiro atoms. The fourth-order valence-corrected chi connectivity index (χ4v) is 4.17. The average Bonchev–Trinajstić information content (AvgIpc) is 3.12. The highest BCUT2D eigenvalue weighted by Crippen LogP contribution is 2.33. The number of hydrogen-bond donors (Lipinski definition) is 1. The molecule has 2 N–H and O–H groups in total. The molecule has 0 unspecified atom stereocenters. The van der Waals surface area contributed by atoms with Crippen LogP contribution in [0.1, 0.15) is 31.9 Å². The van der Waals surface area contributed by atoms with Gasteiger partial charge >= 0.3 is 0 Å². The molecule has 27 heavy (non-hydrogen) atoms. The summed E-state index contributed by atoms with van der Waals surface area (Å²) in [7, 11) is 0. The molecule has 2 aliphatic heterocycles. The van der Waals surface area contributed by atoms with E-state index in [-0.39, 0.29) is 5.54 Å². The van der Waals surface area contributed by atoms with Gasteiger partial charge in [-0.1, -0.05) is 0 Å². The Labute approximate surface area is 158 Å². The number of hydrogen-bond acceptors (Lipinski definition) is 6. The van der Waals surface area contributed by atoms with Crippen molar-refractivity contribution < 1.29 is 0 Å². The molecule has 0 atom stereocenters. The minimum Gasteiger partial charge on any atom is -0.355 e. The smallest absolute Gasteiger partial charge is 0.214 e. The van der Waals surface area contributed by atoms with Gasteiger partial charge < -0.3 is 15.5 Å². The van der Waals surface area contributed by atoms with Gasteiger partial charge in [0.2, 0.25) is 5.95 Å². The van der Waals surface area contributed by atoms with Crippen LogP contribution in [-0.2, 0) is 6.42 Å². The molecule has 0 radical (unpaired) electrons. The van der Waals surface area contributed by atoms with Crippen molar-refractivity contribution in [2.45, 2.75) is 38.1 Å². The number of rotatable bonds is 2. The maximum Gasteiger partial charge on any atom is 0.214 e. The lowest BCUT2D eigenvalue weighted by Crippen LogP contribution is -2.48. The molecule has 0 aromatic carbocycles. The summed E-state index contributed by atoms with van der Waals surface area (Å²) in [5, 5.41) is 0. The van der Waals surface area contributed by atoms with Crippen LogP contribution < -0.4 is 15.5 Å². The van der Waals surface area contributed by atoms with Crippen LogP contribution in [0.3, 0.4) is 0 Å². The Kier molecular flexibility index (Phi) is 3.79. The van der Waals surface area contributed by atoms with Gasteiger partial charge in [-0.05, 0) is 44.7 Å². The SMILES string of the molecule is CC1(N)CCN(c2nccn3c(N4CCCc5ncccc54)ncc23)CC1. The Morgan fingerprint density at radius 3 is 2.78 bits per heavy atom. The number of nitrogens with two attached hydrogens (primary N) is 1. The van der Waals surface area contributed by atoms with E-state index in [1.54, 1.807) is 0 Å². The molecule has 140 valence electrons. The summed E-state index contributed by atoms with van der Waals surface area (Å²) < 4.78 is 2.15. The molecule has 3 aromatic rings. The maximum absolute atomic E-state index is 6.30. The Bertz CT molecular complexity index is 967. The molecule has 7 heteroatoms. The third kappa shape index (κ3) is 2.82. The first-order valence-electron chi connectivity index (χ1n) is 9.70. The second-order valence-corrected chi connectivity index (χ2v) is 7.93. The van der Waals surface area contributed by atoms with E-state index in [4.69, 9.17) is 10.7 Å². The molecule has 0 saturated carbocycles. The lowest BCUT2D eigenvalue weighted by atomic mass is 9.91. The standard InChI is InChI=1S/C20H25N7/c1-20(21)6-11-25(12-7-20)18-17-14-24-19(27(17)13-9-23-18)26-10-3-4-15-16(26)5-2-8-22-15/h2,5,8-9,13-14H,3-4,6-7,10-12,21H2,1H3. The largest absolute Gasteiger partial charge is 0.355 e. The minimum atomic E-state index is -0.0719. The van der Waals surface area contributed by atoms with Gasteiger partial charge in [0, 0.05) is 43.8 Å². The van der Waals surface area contributed by atoms with Crippen LogP contribution >= 0.6 is 0 Å². The molecule has 5 heterocycles. The Morgan fingerprint density at radius 1 is 1.07 bits per heavy atom. The van der Waals surface area contributed by atoms with Crippen molar-refractivity contribution in [3.63, 3.8) is 0 Å². The number of aryl methyl sites for hydroxylation is 1. The van der Waals surface area contributed by atoms with Crippen molar-refractivity contribution in [1.82, 2.24) is 19.4 Å². The minimum absolute atomic E-state index is 0.0719. The predicted molar refractivity (Wildman–Crippen MR) is 107 cm³/mol. The second kappa shape index (κ2) is 6.20. The van der Waals surface area contributed by atoms with Crippen LogP contribution in [0, 0.1) is 0 Å². The number of fused-ring (bicyclic) bond motifs is 2. The molecule has 0 amide bonds. The lowest BCUT2D eigenvalue weighted by molar-refractivity contribution is 0.363. The molecule has 7 nitrogen and oxygen atoms in total. The quantitative estimate of drug-likeness (QED) is 0.754. The molecule has 5 rings (SSSR count). The summed E-state index contributed by atoms with van der Waals surface area (Å²) in [6, 6.07) is 4.13. The first-order chi connectivity index (χ1) is 13.1. The normalized spacial score (nSPS) is 19.3. The molecule has 1 fully saturated rings. The maximum atomic E-state index is 6.30.